The van der Waals surface area contributed by atoms with Gasteiger partial charge in [0, 0.05) is 13.5 Å². The molecule has 0 saturated carbocycles. The van der Waals surface area contributed by atoms with Gasteiger partial charge in [0.2, 0.25) is 41.2 Å². The highest BCUT2D eigenvalue weighted by atomic mass is 19.4. The molecule has 0 aromatic heterocycles. The number of hydrogen-bond donors (Lipinski definition) is 7. The second-order valence-corrected chi connectivity index (χ2v) is 13.6. The summed E-state index contributed by atoms with van der Waals surface area (Å²) in [5.74, 6) is -19.0. The Labute approximate surface area is 313 Å². The number of carbonyl (C=O) groups is 9. The second kappa shape index (κ2) is 20.7. The number of halogens is 5. The minimum atomic E-state index is -6.21. The van der Waals surface area contributed by atoms with Crippen LogP contribution in [-0.2, 0) is 43.2 Å². The molecule has 22 heteroatoms. The molecular weight excluding hydrogens is 751 g/mol. The molecule has 0 aromatic rings. The number of Topliss-reactive ketones (excluding diaryl/α,β-unsaturated/α-hetero) is 1. The number of ketones is 1. The number of carbonyl (C=O) groups excluding carboxylic acids is 7. The van der Waals surface area contributed by atoms with Gasteiger partial charge in [-0.1, -0.05) is 47.5 Å². The molecule has 17 nitrogen and oxygen atoms in total. The fourth-order valence-electron chi connectivity index (χ4n) is 5.66. The van der Waals surface area contributed by atoms with Crippen molar-refractivity contribution in [2.45, 2.75) is 135 Å². The van der Waals surface area contributed by atoms with Crippen LogP contribution >= 0.6 is 0 Å². The predicted octanol–water partition coefficient (Wildman–Crippen LogP) is 0.640. The lowest BCUT2D eigenvalue weighted by Gasteiger charge is -2.33. The Morgan fingerprint density at radius 3 is 1.69 bits per heavy atom. The fraction of sp³-hybridized carbons (Fsp3) is 0.727. The highest BCUT2D eigenvalue weighted by molar-refractivity contribution is 5.99. The van der Waals surface area contributed by atoms with E-state index in [4.69, 9.17) is 5.11 Å². The van der Waals surface area contributed by atoms with Crippen molar-refractivity contribution in [2.75, 3.05) is 6.54 Å². The summed E-state index contributed by atoms with van der Waals surface area (Å²) < 4.78 is 66.6. The first kappa shape index (κ1) is 48.1. The first-order chi connectivity index (χ1) is 25.3. The first-order valence-corrected chi connectivity index (χ1v) is 17.5. The van der Waals surface area contributed by atoms with E-state index < -0.39 is 133 Å². The predicted molar refractivity (Wildman–Crippen MR) is 180 cm³/mol. The maximum Gasteiger partial charge on any atom is 0.461 e. The number of aliphatic carboxylic acids is 2. The van der Waals surface area contributed by atoms with Crippen LogP contribution in [0, 0.1) is 11.8 Å². The minimum Gasteiger partial charge on any atom is -0.481 e. The number of alkyl halides is 5. The molecule has 0 bridgehead atoms. The zero-order valence-corrected chi connectivity index (χ0v) is 31.2. The lowest BCUT2D eigenvalue weighted by molar-refractivity contribution is -0.269. The standard InChI is InChI=1S/C33H49F5N6O11/c1-7-10-18(26(50)32(34,35)33(36,37)38)40-29(53)21-11-9-12-44(21)31(55)24(15(3)4)42-30(54)25(16(5)8-2)43-28(52)20(14-23(48)49)41-27(51)19(13-22(46)47)39-17(6)45/h15-16,18-21,24-25H,7-14H2,1-6H3,(H,39,45)(H,40,53)(H,41,51)(H,42,54)(H,43,52)(H,46,47)(H,48,49)/t16-,18-,19-,20+,21-,24-,25-/m0/s1. The average molecular weight is 801 g/mol. The molecule has 1 heterocycles. The Bertz CT molecular complexity index is 1450. The number of nitrogens with zero attached hydrogens (tertiary/aromatic N) is 1. The van der Waals surface area contributed by atoms with Crippen molar-refractivity contribution in [1.82, 2.24) is 31.5 Å². The zero-order valence-electron chi connectivity index (χ0n) is 31.2. The molecule has 1 saturated heterocycles. The molecule has 1 aliphatic heterocycles. The summed E-state index contributed by atoms with van der Waals surface area (Å²) in [6.45, 7) is 8.48. The third-order valence-corrected chi connectivity index (χ3v) is 8.82. The van der Waals surface area contributed by atoms with Crippen molar-refractivity contribution in [3.05, 3.63) is 0 Å². The number of likely N-dealkylation sites (tertiary alicyclic amines) is 1. The molecule has 7 atom stereocenters. The molecular formula is C33H49F5N6O11. The Morgan fingerprint density at radius 2 is 1.24 bits per heavy atom. The van der Waals surface area contributed by atoms with E-state index >= 15 is 0 Å². The van der Waals surface area contributed by atoms with E-state index in [1.807, 2.05) is 5.32 Å². The van der Waals surface area contributed by atoms with E-state index in [2.05, 4.69) is 21.3 Å². The van der Waals surface area contributed by atoms with E-state index in [9.17, 15) is 70.2 Å². The molecule has 55 heavy (non-hydrogen) atoms. The Balaban J connectivity index is 3.31. The van der Waals surface area contributed by atoms with Crippen LogP contribution in [0.3, 0.4) is 0 Å². The van der Waals surface area contributed by atoms with Gasteiger partial charge in [-0.15, -0.1) is 0 Å². The summed E-state index contributed by atoms with van der Waals surface area (Å²) in [6, 6.07) is -10.1. The van der Waals surface area contributed by atoms with Gasteiger partial charge in [0.25, 0.3) is 0 Å². The number of hydrogen-bond acceptors (Lipinski definition) is 9. The number of carboxylic acids is 2. The molecule has 7 N–H and O–H groups in total. The van der Waals surface area contributed by atoms with Gasteiger partial charge in [0.05, 0.1) is 18.9 Å². The van der Waals surface area contributed by atoms with Crippen LogP contribution in [0.5, 0.6) is 0 Å². The Morgan fingerprint density at radius 1 is 0.727 bits per heavy atom. The lowest BCUT2D eigenvalue weighted by atomic mass is 9.95. The summed E-state index contributed by atoms with van der Waals surface area (Å²) in [4.78, 5) is 115. The third-order valence-electron chi connectivity index (χ3n) is 8.82. The molecule has 6 amide bonds. The maximum absolute atomic E-state index is 13.9. The van der Waals surface area contributed by atoms with Gasteiger partial charge in [-0.25, -0.2) is 0 Å². The van der Waals surface area contributed by atoms with E-state index in [-0.39, 0.29) is 32.2 Å². The summed E-state index contributed by atoms with van der Waals surface area (Å²) >= 11 is 0. The quantitative estimate of drug-likeness (QED) is 0.0793. The molecule has 0 spiro atoms. The molecule has 0 aromatic carbocycles. The molecule has 1 aliphatic rings. The van der Waals surface area contributed by atoms with Gasteiger partial charge in [-0.2, -0.15) is 22.0 Å². The number of carboxylic acid groups (broad SMARTS) is 2. The van der Waals surface area contributed by atoms with Crippen LogP contribution in [0.4, 0.5) is 22.0 Å². The molecule has 1 rings (SSSR count). The molecule has 1 fully saturated rings. The monoisotopic (exact) mass is 800 g/mol. The molecule has 0 radical (unpaired) electrons. The Hall–Kier alpha value is -4.92. The molecule has 312 valence electrons. The summed E-state index contributed by atoms with van der Waals surface area (Å²) in [6.07, 6.45) is -8.41. The van der Waals surface area contributed by atoms with Crippen molar-refractivity contribution < 1.29 is 75.3 Å². The number of amides is 6. The Kier molecular flexibility index (Phi) is 18.1. The number of rotatable bonds is 21. The van der Waals surface area contributed by atoms with Gasteiger partial charge in [-0.3, -0.25) is 43.2 Å². The maximum atomic E-state index is 13.9. The van der Waals surface area contributed by atoms with Crippen molar-refractivity contribution >= 4 is 53.2 Å². The van der Waals surface area contributed by atoms with Gasteiger partial charge in [-0.05, 0) is 31.1 Å². The smallest absolute Gasteiger partial charge is 0.461 e. The minimum absolute atomic E-state index is 0.0565. The van der Waals surface area contributed by atoms with Crippen LogP contribution < -0.4 is 26.6 Å². The second-order valence-electron chi connectivity index (χ2n) is 13.6. The van der Waals surface area contributed by atoms with Crippen molar-refractivity contribution in [2.24, 2.45) is 11.8 Å². The van der Waals surface area contributed by atoms with Gasteiger partial charge >= 0.3 is 24.0 Å². The van der Waals surface area contributed by atoms with Gasteiger partial charge < -0.3 is 41.7 Å². The zero-order chi connectivity index (χ0) is 42.6. The molecule has 0 unspecified atom stereocenters. The average Bonchev–Trinajstić information content (AvgIpc) is 3.56. The summed E-state index contributed by atoms with van der Waals surface area (Å²) in [5.41, 5.74) is 0. The highest BCUT2D eigenvalue weighted by Gasteiger charge is 2.64. The van der Waals surface area contributed by atoms with Crippen LogP contribution in [0.25, 0.3) is 0 Å². The largest absolute Gasteiger partial charge is 0.481 e. The van der Waals surface area contributed by atoms with Crippen LogP contribution in [0.15, 0.2) is 0 Å². The van der Waals surface area contributed by atoms with E-state index in [1.165, 1.54) is 27.7 Å². The fourth-order valence-corrected chi connectivity index (χ4v) is 5.66. The van der Waals surface area contributed by atoms with E-state index in [0.29, 0.717) is 0 Å². The molecule has 0 aliphatic carbocycles. The van der Waals surface area contributed by atoms with E-state index in [1.54, 1.807) is 6.92 Å². The third kappa shape index (κ3) is 13.7. The number of nitrogens with one attached hydrogen (secondary N) is 5. The van der Waals surface area contributed by atoms with Crippen LogP contribution in [0.1, 0.15) is 86.5 Å². The van der Waals surface area contributed by atoms with Gasteiger partial charge in [0.15, 0.2) is 0 Å². The normalized spacial score (nSPS) is 17.8. The van der Waals surface area contributed by atoms with E-state index in [0.717, 1.165) is 11.8 Å². The highest BCUT2D eigenvalue weighted by Crippen LogP contribution is 2.37. The topological polar surface area (TPSA) is 257 Å². The summed E-state index contributed by atoms with van der Waals surface area (Å²) in [7, 11) is 0. The lowest BCUT2D eigenvalue weighted by Crippen LogP contribution is -2.62. The van der Waals surface area contributed by atoms with Crippen LogP contribution in [0.2, 0.25) is 0 Å². The summed E-state index contributed by atoms with van der Waals surface area (Å²) in [5, 5.41) is 29.5. The van der Waals surface area contributed by atoms with Crippen molar-refractivity contribution in [3.63, 3.8) is 0 Å². The SMILES string of the molecule is CCC[C@H](NC(=O)[C@@H]1CCCN1C(=O)[C@@H](NC(=O)[C@@H](NC(=O)[C@@H](CC(=O)O)NC(=O)[C@H](CC(=O)O)NC(C)=O)[C@@H](C)CC)C(C)C)C(=O)C(F)(F)C(F)(F)F. The van der Waals surface area contributed by atoms with Gasteiger partial charge in [0.1, 0.15) is 30.2 Å². The van der Waals surface area contributed by atoms with Crippen LogP contribution in [-0.4, -0.2) is 123 Å². The van der Waals surface area contributed by atoms with Crippen molar-refractivity contribution in [3.8, 4) is 0 Å². The first-order valence-electron chi connectivity index (χ1n) is 17.5. The van der Waals surface area contributed by atoms with Crippen molar-refractivity contribution in [1.29, 1.82) is 0 Å².